The maximum atomic E-state index is 5.67. The zero-order valence-electron chi connectivity index (χ0n) is 17.9. The van der Waals surface area contributed by atoms with E-state index in [4.69, 9.17) is 33.7 Å². The van der Waals surface area contributed by atoms with Crippen LogP contribution in [0.15, 0.2) is 43.0 Å². The molecule has 0 aliphatic carbocycles. The summed E-state index contributed by atoms with van der Waals surface area (Å²) in [7, 11) is 7.86. The molecule has 2 aromatic carbocycles. The lowest BCUT2D eigenvalue weighted by molar-refractivity contribution is 0.327. The maximum absolute atomic E-state index is 5.67. The molecule has 0 saturated heterocycles. The number of methoxy groups -OCH3 is 5. The van der Waals surface area contributed by atoms with Gasteiger partial charge in [0.25, 0.3) is 0 Å². The summed E-state index contributed by atoms with van der Waals surface area (Å²) in [6.45, 7) is 0. The molecule has 0 aliphatic rings. The lowest BCUT2D eigenvalue weighted by Crippen LogP contribution is -2.04. The Kier molecular flexibility index (Phi) is 5.48. The molecule has 4 aromatic rings. The number of nitrogens with zero attached hydrogens (tertiary/aromatic N) is 4. The van der Waals surface area contributed by atoms with Crippen LogP contribution in [0.4, 0.5) is 0 Å². The number of hydrogen-bond acceptors (Lipinski definition) is 8. The molecule has 0 aliphatic heterocycles. The lowest BCUT2D eigenvalue weighted by atomic mass is 10.1. The first-order chi connectivity index (χ1) is 15.1. The normalized spacial score (nSPS) is 10.7. The highest BCUT2D eigenvalue weighted by molar-refractivity contribution is 5.95. The summed E-state index contributed by atoms with van der Waals surface area (Å²) >= 11 is 0. The minimum Gasteiger partial charge on any atom is -0.493 e. The van der Waals surface area contributed by atoms with E-state index in [0.29, 0.717) is 45.9 Å². The van der Waals surface area contributed by atoms with E-state index in [9.17, 15) is 0 Å². The van der Waals surface area contributed by atoms with Crippen LogP contribution in [-0.4, -0.2) is 55.1 Å². The van der Waals surface area contributed by atoms with Crippen molar-refractivity contribution in [2.45, 2.75) is 0 Å². The first kappa shape index (κ1) is 20.3. The SMILES string of the molecule is COc1ccc(-c2nc(-n3ccnc3)c3cc(OC)c(OC)c(OC)c3n2)cc1OC. The average molecular weight is 422 g/mol. The predicted octanol–water partition coefficient (Wildman–Crippen LogP) is 3.53. The molecule has 0 spiro atoms. The van der Waals surface area contributed by atoms with Gasteiger partial charge in [-0.25, -0.2) is 15.0 Å². The quantitative estimate of drug-likeness (QED) is 0.447. The summed E-state index contributed by atoms with van der Waals surface area (Å²) in [6.07, 6.45) is 5.16. The molecular formula is C22H22N4O5. The van der Waals surface area contributed by atoms with Crippen molar-refractivity contribution in [1.29, 1.82) is 0 Å². The maximum Gasteiger partial charge on any atom is 0.205 e. The highest BCUT2D eigenvalue weighted by atomic mass is 16.5. The molecule has 0 bridgehead atoms. The molecule has 0 amide bonds. The molecule has 0 N–H and O–H groups in total. The van der Waals surface area contributed by atoms with E-state index in [1.54, 1.807) is 52.6 Å². The smallest absolute Gasteiger partial charge is 0.205 e. The molecule has 0 radical (unpaired) electrons. The second-order valence-corrected chi connectivity index (χ2v) is 6.45. The topological polar surface area (TPSA) is 89.8 Å². The van der Waals surface area contributed by atoms with Crippen molar-refractivity contribution in [3.63, 3.8) is 0 Å². The van der Waals surface area contributed by atoms with Crippen LogP contribution in [0.3, 0.4) is 0 Å². The van der Waals surface area contributed by atoms with Gasteiger partial charge in [0.1, 0.15) is 17.7 Å². The standard InChI is InChI=1S/C22H22N4O5/c1-27-15-7-6-13(10-16(15)28-2)21-24-18-14(22(25-21)26-9-8-23-12-26)11-17(29-3)19(30-4)20(18)31-5/h6-12H,1-5H3. The van der Waals surface area contributed by atoms with E-state index >= 15 is 0 Å². The van der Waals surface area contributed by atoms with Crippen LogP contribution in [-0.2, 0) is 0 Å². The third-order valence-electron chi connectivity index (χ3n) is 4.86. The van der Waals surface area contributed by atoms with Crippen LogP contribution in [0.2, 0.25) is 0 Å². The number of hydrogen-bond donors (Lipinski definition) is 0. The highest BCUT2D eigenvalue weighted by Crippen LogP contribution is 2.44. The van der Waals surface area contributed by atoms with Gasteiger partial charge in [-0.1, -0.05) is 0 Å². The van der Waals surface area contributed by atoms with E-state index in [1.807, 2.05) is 30.5 Å². The first-order valence-electron chi connectivity index (χ1n) is 9.36. The lowest BCUT2D eigenvalue weighted by Gasteiger charge is -2.17. The summed E-state index contributed by atoms with van der Waals surface area (Å²) in [6, 6.07) is 7.33. The summed E-state index contributed by atoms with van der Waals surface area (Å²) < 4.78 is 29.3. The zero-order chi connectivity index (χ0) is 22.0. The van der Waals surface area contributed by atoms with Gasteiger partial charge in [0.15, 0.2) is 28.8 Å². The molecule has 0 saturated carbocycles. The second kappa shape index (κ2) is 8.39. The van der Waals surface area contributed by atoms with Crippen molar-refractivity contribution in [2.75, 3.05) is 35.5 Å². The monoisotopic (exact) mass is 422 g/mol. The molecule has 4 rings (SSSR count). The fourth-order valence-corrected chi connectivity index (χ4v) is 3.40. The number of benzene rings is 2. The minimum absolute atomic E-state index is 0.447. The molecular weight excluding hydrogens is 400 g/mol. The fourth-order valence-electron chi connectivity index (χ4n) is 3.40. The van der Waals surface area contributed by atoms with Gasteiger partial charge in [0.05, 0.1) is 40.9 Å². The molecule has 9 nitrogen and oxygen atoms in total. The fraction of sp³-hybridized carbons (Fsp3) is 0.227. The molecule has 0 atom stereocenters. The zero-order valence-corrected chi connectivity index (χ0v) is 17.9. The van der Waals surface area contributed by atoms with Crippen LogP contribution in [0.1, 0.15) is 0 Å². The van der Waals surface area contributed by atoms with Crippen molar-refractivity contribution < 1.29 is 23.7 Å². The van der Waals surface area contributed by atoms with E-state index in [0.717, 1.165) is 10.9 Å². The van der Waals surface area contributed by atoms with Crippen molar-refractivity contribution in [3.05, 3.63) is 43.0 Å². The van der Waals surface area contributed by atoms with Crippen LogP contribution in [0.5, 0.6) is 28.7 Å². The van der Waals surface area contributed by atoms with Gasteiger partial charge in [0, 0.05) is 18.0 Å². The number of imidazole rings is 1. The molecule has 160 valence electrons. The first-order valence-corrected chi connectivity index (χ1v) is 9.36. The Balaban J connectivity index is 2.07. The number of rotatable bonds is 7. The van der Waals surface area contributed by atoms with Gasteiger partial charge in [-0.15, -0.1) is 0 Å². The van der Waals surface area contributed by atoms with Crippen LogP contribution < -0.4 is 23.7 Å². The Morgan fingerprint density at radius 3 is 2.10 bits per heavy atom. The Bertz CT molecular complexity index is 1220. The largest absolute Gasteiger partial charge is 0.493 e. The number of ether oxygens (including phenoxy) is 5. The molecule has 9 heteroatoms. The molecule has 2 heterocycles. The molecule has 0 fully saturated rings. The summed E-state index contributed by atoms with van der Waals surface area (Å²) in [5.74, 6) is 3.69. The third kappa shape index (κ3) is 3.43. The molecule has 0 unspecified atom stereocenters. The second-order valence-electron chi connectivity index (χ2n) is 6.45. The van der Waals surface area contributed by atoms with Gasteiger partial charge >= 0.3 is 0 Å². The Morgan fingerprint density at radius 1 is 0.742 bits per heavy atom. The van der Waals surface area contributed by atoms with Crippen molar-refractivity contribution >= 4 is 10.9 Å². The summed E-state index contributed by atoms with van der Waals surface area (Å²) in [5, 5.41) is 0.719. The van der Waals surface area contributed by atoms with E-state index in [2.05, 4.69) is 4.98 Å². The van der Waals surface area contributed by atoms with Crippen molar-refractivity contribution in [2.24, 2.45) is 0 Å². The predicted molar refractivity (Wildman–Crippen MR) is 115 cm³/mol. The molecule has 31 heavy (non-hydrogen) atoms. The molecule has 2 aromatic heterocycles. The van der Waals surface area contributed by atoms with Gasteiger partial charge in [-0.3, -0.25) is 4.57 Å². The van der Waals surface area contributed by atoms with Crippen LogP contribution >= 0.6 is 0 Å². The van der Waals surface area contributed by atoms with Gasteiger partial charge in [0.2, 0.25) is 5.75 Å². The van der Waals surface area contributed by atoms with Crippen LogP contribution in [0.25, 0.3) is 28.1 Å². The van der Waals surface area contributed by atoms with Crippen molar-refractivity contribution in [1.82, 2.24) is 19.5 Å². The third-order valence-corrected chi connectivity index (χ3v) is 4.86. The summed E-state index contributed by atoms with van der Waals surface area (Å²) in [4.78, 5) is 13.8. The van der Waals surface area contributed by atoms with E-state index in [1.165, 1.54) is 0 Å². The average Bonchev–Trinajstić information content (AvgIpc) is 3.36. The summed E-state index contributed by atoms with van der Waals surface area (Å²) in [5.41, 5.74) is 1.32. The van der Waals surface area contributed by atoms with E-state index in [-0.39, 0.29) is 0 Å². The van der Waals surface area contributed by atoms with Gasteiger partial charge in [-0.2, -0.15) is 0 Å². The number of fused-ring (bicyclic) bond motifs is 1. The van der Waals surface area contributed by atoms with Gasteiger partial charge < -0.3 is 23.7 Å². The van der Waals surface area contributed by atoms with Gasteiger partial charge in [-0.05, 0) is 24.3 Å². The van der Waals surface area contributed by atoms with Crippen LogP contribution in [0, 0.1) is 0 Å². The van der Waals surface area contributed by atoms with E-state index < -0.39 is 0 Å². The number of aromatic nitrogens is 4. The van der Waals surface area contributed by atoms with Crippen molar-refractivity contribution in [3.8, 4) is 46.0 Å². The Morgan fingerprint density at radius 2 is 1.48 bits per heavy atom. The Labute approximate surface area is 179 Å². The highest BCUT2D eigenvalue weighted by Gasteiger charge is 2.22. The Hall–Kier alpha value is -4.01. The minimum atomic E-state index is 0.447.